The highest BCUT2D eigenvalue weighted by Crippen LogP contribution is 2.23. The Morgan fingerprint density at radius 1 is 1.53 bits per heavy atom. The first kappa shape index (κ1) is 13.6. The lowest BCUT2D eigenvalue weighted by atomic mass is 10.2. The highest BCUT2D eigenvalue weighted by atomic mass is 79.9. The van der Waals surface area contributed by atoms with E-state index in [1.807, 2.05) is 17.8 Å². The third-order valence-corrected chi connectivity index (χ3v) is 3.17. The average Bonchev–Trinajstić information content (AvgIpc) is 2.77. The molecule has 0 aliphatic rings. The molecule has 0 fully saturated rings. The number of imidazole rings is 1. The fourth-order valence-electron chi connectivity index (χ4n) is 1.68. The smallest absolute Gasteiger partial charge is 0.339 e. The van der Waals surface area contributed by atoms with Crippen molar-refractivity contribution in [2.24, 2.45) is 7.05 Å². The van der Waals surface area contributed by atoms with Crippen LogP contribution in [0.5, 0.6) is 5.75 Å². The molecule has 0 saturated carbocycles. The van der Waals surface area contributed by atoms with E-state index in [-0.39, 0.29) is 5.56 Å². The van der Waals surface area contributed by atoms with Crippen molar-refractivity contribution in [3.8, 4) is 5.75 Å². The van der Waals surface area contributed by atoms with Crippen molar-refractivity contribution >= 4 is 21.9 Å². The Bertz CT molecular complexity index is 595. The second-order valence-electron chi connectivity index (χ2n) is 4.00. The molecule has 1 aromatic heterocycles. The SMILES string of the molecule is Cn1ccnc1CCOc1ccc(Br)cc1C(=O)O. The monoisotopic (exact) mass is 324 g/mol. The van der Waals surface area contributed by atoms with E-state index in [4.69, 9.17) is 9.84 Å². The first-order chi connectivity index (χ1) is 9.08. The van der Waals surface area contributed by atoms with Gasteiger partial charge in [0.1, 0.15) is 17.1 Å². The van der Waals surface area contributed by atoms with Gasteiger partial charge in [-0.15, -0.1) is 0 Å². The summed E-state index contributed by atoms with van der Waals surface area (Å²) in [6.07, 6.45) is 4.20. The summed E-state index contributed by atoms with van der Waals surface area (Å²) in [6.45, 7) is 0.382. The molecule has 100 valence electrons. The van der Waals surface area contributed by atoms with E-state index >= 15 is 0 Å². The van der Waals surface area contributed by atoms with Crippen LogP contribution >= 0.6 is 15.9 Å². The first-order valence-electron chi connectivity index (χ1n) is 5.70. The number of hydrogen-bond acceptors (Lipinski definition) is 3. The second-order valence-corrected chi connectivity index (χ2v) is 4.91. The Hall–Kier alpha value is -1.82. The number of carbonyl (C=O) groups is 1. The van der Waals surface area contributed by atoms with Crippen LogP contribution in [-0.4, -0.2) is 27.2 Å². The van der Waals surface area contributed by atoms with Crippen LogP contribution in [0.25, 0.3) is 0 Å². The van der Waals surface area contributed by atoms with Crippen LogP contribution < -0.4 is 4.74 Å². The highest BCUT2D eigenvalue weighted by molar-refractivity contribution is 9.10. The van der Waals surface area contributed by atoms with E-state index < -0.39 is 5.97 Å². The maximum absolute atomic E-state index is 11.1. The molecular formula is C13H13BrN2O3. The first-order valence-corrected chi connectivity index (χ1v) is 6.49. The molecule has 1 aromatic carbocycles. The topological polar surface area (TPSA) is 64.4 Å². The van der Waals surface area contributed by atoms with Gasteiger partial charge in [0.2, 0.25) is 0 Å². The zero-order valence-corrected chi connectivity index (χ0v) is 11.9. The largest absolute Gasteiger partial charge is 0.492 e. The number of aryl methyl sites for hydroxylation is 1. The molecule has 0 aliphatic carbocycles. The van der Waals surface area contributed by atoms with E-state index in [0.717, 1.165) is 5.82 Å². The van der Waals surface area contributed by atoms with Gasteiger partial charge in [0, 0.05) is 30.3 Å². The number of rotatable bonds is 5. The number of ether oxygens (including phenoxy) is 1. The molecule has 5 nitrogen and oxygen atoms in total. The number of aromatic carboxylic acids is 1. The number of aromatic nitrogens is 2. The van der Waals surface area contributed by atoms with Crippen LogP contribution in [0.3, 0.4) is 0 Å². The minimum absolute atomic E-state index is 0.147. The van der Waals surface area contributed by atoms with E-state index in [9.17, 15) is 4.79 Å². The van der Waals surface area contributed by atoms with Gasteiger partial charge in [-0.2, -0.15) is 0 Å². The Morgan fingerprint density at radius 3 is 2.95 bits per heavy atom. The van der Waals surface area contributed by atoms with Gasteiger partial charge in [0.05, 0.1) is 6.61 Å². The van der Waals surface area contributed by atoms with Gasteiger partial charge >= 0.3 is 5.97 Å². The highest BCUT2D eigenvalue weighted by Gasteiger charge is 2.12. The Balaban J connectivity index is 2.03. The van der Waals surface area contributed by atoms with Gasteiger partial charge in [-0.1, -0.05) is 15.9 Å². The van der Waals surface area contributed by atoms with Crippen molar-refractivity contribution in [1.82, 2.24) is 9.55 Å². The molecular weight excluding hydrogens is 312 g/mol. The lowest BCUT2D eigenvalue weighted by Crippen LogP contribution is -2.09. The Kier molecular flexibility index (Phi) is 4.21. The van der Waals surface area contributed by atoms with E-state index in [1.165, 1.54) is 6.07 Å². The molecule has 1 heterocycles. The van der Waals surface area contributed by atoms with Crippen molar-refractivity contribution in [3.63, 3.8) is 0 Å². The molecule has 2 rings (SSSR count). The maximum Gasteiger partial charge on any atom is 0.339 e. The number of nitrogens with zero attached hydrogens (tertiary/aromatic N) is 2. The molecule has 0 radical (unpaired) electrons. The van der Waals surface area contributed by atoms with Crippen molar-refractivity contribution in [2.75, 3.05) is 6.61 Å². The van der Waals surface area contributed by atoms with E-state index in [1.54, 1.807) is 18.3 Å². The van der Waals surface area contributed by atoms with E-state index in [0.29, 0.717) is 23.2 Å². The standard InChI is InChI=1S/C13H13BrN2O3/c1-16-6-5-15-12(16)4-7-19-11-3-2-9(14)8-10(11)13(17)18/h2-3,5-6,8H,4,7H2,1H3,(H,17,18). The van der Waals surface area contributed by atoms with Crippen LogP contribution in [0, 0.1) is 0 Å². The third kappa shape index (κ3) is 3.35. The predicted molar refractivity (Wildman–Crippen MR) is 73.5 cm³/mol. The Morgan fingerprint density at radius 2 is 2.32 bits per heavy atom. The third-order valence-electron chi connectivity index (χ3n) is 2.68. The van der Waals surface area contributed by atoms with Crippen molar-refractivity contribution < 1.29 is 14.6 Å². The van der Waals surface area contributed by atoms with Crippen LogP contribution in [0.4, 0.5) is 0 Å². The van der Waals surface area contributed by atoms with Gasteiger partial charge in [-0.05, 0) is 18.2 Å². The van der Waals surface area contributed by atoms with Gasteiger partial charge < -0.3 is 14.4 Å². The molecule has 0 unspecified atom stereocenters. The van der Waals surface area contributed by atoms with Crippen LogP contribution in [-0.2, 0) is 13.5 Å². The molecule has 0 atom stereocenters. The van der Waals surface area contributed by atoms with Gasteiger partial charge in [-0.25, -0.2) is 9.78 Å². The average molecular weight is 325 g/mol. The summed E-state index contributed by atoms with van der Waals surface area (Å²) in [5.41, 5.74) is 0.147. The van der Waals surface area contributed by atoms with E-state index in [2.05, 4.69) is 20.9 Å². The summed E-state index contributed by atoms with van der Waals surface area (Å²) >= 11 is 3.24. The van der Waals surface area contributed by atoms with Gasteiger partial charge in [-0.3, -0.25) is 0 Å². The zero-order valence-electron chi connectivity index (χ0n) is 10.3. The minimum atomic E-state index is -1.01. The molecule has 0 aliphatic heterocycles. The Labute approximate surface area is 119 Å². The fraction of sp³-hybridized carbons (Fsp3) is 0.231. The minimum Gasteiger partial charge on any atom is -0.492 e. The number of carboxylic acids is 1. The quantitative estimate of drug-likeness (QED) is 0.917. The number of halogens is 1. The van der Waals surface area contributed by atoms with Gasteiger partial charge in [0.15, 0.2) is 0 Å². The summed E-state index contributed by atoms with van der Waals surface area (Å²) < 4.78 is 8.14. The van der Waals surface area contributed by atoms with Crippen LogP contribution in [0.1, 0.15) is 16.2 Å². The summed E-state index contributed by atoms with van der Waals surface area (Å²) in [7, 11) is 1.91. The molecule has 0 saturated heterocycles. The van der Waals surface area contributed by atoms with Crippen molar-refractivity contribution in [1.29, 1.82) is 0 Å². The fourth-order valence-corrected chi connectivity index (χ4v) is 2.05. The molecule has 1 N–H and O–H groups in total. The summed E-state index contributed by atoms with van der Waals surface area (Å²) in [6, 6.07) is 4.92. The summed E-state index contributed by atoms with van der Waals surface area (Å²) in [5, 5.41) is 9.10. The normalized spacial score (nSPS) is 10.4. The second kappa shape index (κ2) is 5.88. The summed E-state index contributed by atoms with van der Waals surface area (Å²) in [4.78, 5) is 15.3. The predicted octanol–water partition coefficient (Wildman–Crippen LogP) is 2.50. The van der Waals surface area contributed by atoms with Crippen molar-refractivity contribution in [2.45, 2.75) is 6.42 Å². The summed E-state index contributed by atoms with van der Waals surface area (Å²) in [5.74, 6) is 0.257. The number of carboxylic acid groups (broad SMARTS) is 1. The van der Waals surface area contributed by atoms with Gasteiger partial charge in [0.25, 0.3) is 0 Å². The zero-order chi connectivity index (χ0) is 13.8. The van der Waals surface area contributed by atoms with Crippen LogP contribution in [0.2, 0.25) is 0 Å². The molecule has 6 heteroatoms. The molecule has 0 bridgehead atoms. The maximum atomic E-state index is 11.1. The lowest BCUT2D eigenvalue weighted by Gasteiger charge is -2.09. The molecule has 0 amide bonds. The molecule has 0 spiro atoms. The lowest BCUT2D eigenvalue weighted by molar-refractivity contribution is 0.0692. The molecule has 19 heavy (non-hydrogen) atoms. The number of benzene rings is 1. The van der Waals surface area contributed by atoms with Crippen molar-refractivity contribution in [3.05, 3.63) is 46.5 Å². The molecule has 2 aromatic rings. The number of hydrogen-bond donors (Lipinski definition) is 1. The van der Waals surface area contributed by atoms with Crippen LogP contribution in [0.15, 0.2) is 35.1 Å².